The molecule has 17 heavy (non-hydrogen) atoms. The molecule has 0 bridgehead atoms. The quantitative estimate of drug-likeness (QED) is 0.782. The highest BCUT2D eigenvalue weighted by Gasteiger charge is 2.28. The van der Waals surface area contributed by atoms with E-state index in [4.69, 9.17) is 9.63 Å². The molecule has 94 valence electrons. The molecule has 2 rings (SSSR count). The summed E-state index contributed by atoms with van der Waals surface area (Å²) in [5, 5.41) is 21.3. The molecule has 0 atom stereocenters. The van der Waals surface area contributed by atoms with Crippen LogP contribution in [0, 0.1) is 5.92 Å². The molecule has 1 aromatic rings. The predicted molar refractivity (Wildman–Crippen MR) is 58.5 cm³/mol. The van der Waals surface area contributed by atoms with Crippen molar-refractivity contribution in [3.05, 3.63) is 17.5 Å². The summed E-state index contributed by atoms with van der Waals surface area (Å²) in [4.78, 5) is 12.6. The van der Waals surface area contributed by atoms with Crippen LogP contribution >= 0.6 is 0 Å². The van der Waals surface area contributed by atoms with Gasteiger partial charge in [-0.1, -0.05) is 5.16 Å². The first-order chi connectivity index (χ1) is 8.04. The first kappa shape index (κ1) is 12.1. The van der Waals surface area contributed by atoms with Crippen LogP contribution in [-0.2, 0) is 6.54 Å². The van der Waals surface area contributed by atoms with Gasteiger partial charge in [0.05, 0.1) is 12.6 Å². The fourth-order valence-corrected chi connectivity index (χ4v) is 2.11. The van der Waals surface area contributed by atoms with Crippen molar-refractivity contribution in [2.75, 3.05) is 13.6 Å². The third-order valence-electron chi connectivity index (χ3n) is 2.98. The van der Waals surface area contributed by atoms with Crippen molar-refractivity contribution in [2.24, 2.45) is 5.92 Å². The number of carbonyl (C=O) groups is 1. The molecule has 0 spiro atoms. The maximum Gasteiger partial charge on any atom is 0.358 e. The molecule has 0 aromatic carbocycles. The first-order valence-corrected chi connectivity index (χ1v) is 5.60. The van der Waals surface area contributed by atoms with E-state index < -0.39 is 5.97 Å². The minimum atomic E-state index is -1.08. The van der Waals surface area contributed by atoms with Crippen LogP contribution in [0.5, 0.6) is 0 Å². The number of carboxylic acids is 1. The molecule has 0 unspecified atom stereocenters. The Kier molecular flexibility index (Phi) is 3.44. The zero-order valence-corrected chi connectivity index (χ0v) is 9.67. The lowest BCUT2D eigenvalue weighted by Crippen LogP contribution is -2.36. The van der Waals surface area contributed by atoms with Crippen LogP contribution < -0.4 is 0 Å². The number of rotatable bonds is 5. The van der Waals surface area contributed by atoms with Gasteiger partial charge < -0.3 is 14.7 Å². The van der Waals surface area contributed by atoms with Crippen LogP contribution in [0.15, 0.2) is 10.6 Å². The number of aromatic nitrogens is 1. The monoisotopic (exact) mass is 240 g/mol. The maximum absolute atomic E-state index is 10.6. The maximum atomic E-state index is 10.6. The Labute approximate surface area is 98.8 Å². The first-order valence-electron chi connectivity index (χ1n) is 5.60. The third kappa shape index (κ3) is 3.04. The second-order valence-corrected chi connectivity index (χ2v) is 4.67. The van der Waals surface area contributed by atoms with Crippen molar-refractivity contribution in [3.8, 4) is 0 Å². The van der Waals surface area contributed by atoms with Gasteiger partial charge in [-0.15, -0.1) is 0 Å². The van der Waals surface area contributed by atoms with Crippen molar-refractivity contribution in [3.63, 3.8) is 0 Å². The van der Waals surface area contributed by atoms with E-state index in [1.807, 2.05) is 11.9 Å². The minimum absolute atomic E-state index is 0.0625. The molecule has 2 N–H and O–H groups in total. The van der Waals surface area contributed by atoms with E-state index in [0.717, 1.165) is 19.4 Å². The molecular formula is C11H16N2O4. The molecule has 1 saturated carbocycles. The summed E-state index contributed by atoms with van der Waals surface area (Å²) >= 11 is 0. The normalized spacial score (nSPS) is 23.7. The van der Waals surface area contributed by atoms with E-state index in [9.17, 15) is 9.90 Å². The van der Waals surface area contributed by atoms with E-state index in [2.05, 4.69) is 5.16 Å². The van der Waals surface area contributed by atoms with E-state index in [0.29, 0.717) is 18.2 Å². The number of aliphatic hydroxyl groups is 1. The Morgan fingerprint density at radius 2 is 2.35 bits per heavy atom. The van der Waals surface area contributed by atoms with Gasteiger partial charge in [-0.05, 0) is 25.8 Å². The number of hydrogen-bond acceptors (Lipinski definition) is 5. The summed E-state index contributed by atoms with van der Waals surface area (Å²) in [6, 6.07) is 1.44. The Balaban J connectivity index is 1.81. The number of aromatic carboxylic acids is 1. The number of hydrogen-bond donors (Lipinski definition) is 2. The van der Waals surface area contributed by atoms with Gasteiger partial charge in [-0.25, -0.2) is 4.79 Å². The Morgan fingerprint density at radius 1 is 1.65 bits per heavy atom. The highest BCUT2D eigenvalue weighted by Crippen LogP contribution is 2.27. The third-order valence-corrected chi connectivity index (χ3v) is 2.98. The van der Waals surface area contributed by atoms with Gasteiger partial charge in [0.25, 0.3) is 0 Å². The van der Waals surface area contributed by atoms with Crippen molar-refractivity contribution < 1.29 is 19.5 Å². The zero-order chi connectivity index (χ0) is 12.4. The second-order valence-electron chi connectivity index (χ2n) is 4.67. The largest absolute Gasteiger partial charge is 0.476 e. The predicted octanol–water partition coefficient (Wildman–Crippen LogP) is 0.575. The summed E-state index contributed by atoms with van der Waals surface area (Å²) < 4.78 is 4.93. The van der Waals surface area contributed by atoms with Crippen LogP contribution in [0.1, 0.15) is 29.1 Å². The SMILES string of the molecule is CN(Cc1cc(C(=O)O)no1)CC1CC(O)C1. The molecule has 1 aliphatic carbocycles. The van der Waals surface area contributed by atoms with Crippen LogP contribution in [0.4, 0.5) is 0 Å². The van der Waals surface area contributed by atoms with Gasteiger partial charge in [0, 0.05) is 12.6 Å². The van der Waals surface area contributed by atoms with Crippen LogP contribution in [0.3, 0.4) is 0 Å². The van der Waals surface area contributed by atoms with Crippen LogP contribution in [0.25, 0.3) is 0 Å². The van der Waals surface area contributed by atoms with Gasteiger partial charge in [0.2, 0.25) is 0 Å². The Bertz CT molecular complexity index is 398. The van der Waals surface area contributed by atoms with E-state index >= 15 is 0 Å². The standard InChI is InChI=1S/C11H16N2O4/c1-13(5-7-2-8(14)3-7)6-9-4-10(11(15)16)12-17-9/h4,7-8,14H,2-3,5-6H2,1H3,(H,15,16). The van der Waals surface area contributed by atoms with Crippen LogP contribution in [-0.4, -0.2) is 45.9 Å². The zero-order valence-electron chi connectivity index (χ0n) is 9.67. The highest BCUT2D eigenvalue weighted by atomic mass is 16.5. The topological polar surface area (TPSA) is 86.8 Å². The molecule has 1 aliphatic rings. The molecule has 6 heteroatoms. The average Bonchev–Trinajstić information content (AvgIpc) is 2.63. The minimum Gasteiger partial charge on any atom is -0.476 e. The van der Waals surface area contributed by atoms with Crippen molar-refractivity contribution >= 4 is 5.97 Å². The molecule has 0 aliphatic heterocycles. The number of aliphatic hydroxyl groups excluding tert-OH is 1. The number of carboxylic acid groups (broad SMARTS) is 1. The van der Waals surface area contributed by atoms with Gasteiger partial charge in [-0.3, -0.25) is 4.90 Å². The average molecular weight is 240 g/mol. The van der Waals surface area contributed by atoms with Crippen molar-refractivity contribution in [2.45, 2.75) is 25.5 Å². The Hall–Kier alpha value is -1.40. The van der Waals surface area contributed by atoms with E-state index in [1.165, 1.54) is 6.07 Å². The lowest BCUT2D eigenvalue weighted by molar-refractivity contribution is 0.0264. The van der Waals surface area contributed by atoms with E-state index in [1.54, 1.807) is 0 Å². The highest BCUT2D eigenvalue weighted by molar-refractivity contribution is 5.85. The lowest BCUT2D eigenvalue weighted by atomic mass is 9.82. The van der Waals surface area contributed by atoms with Gasteiger partial charge in [-0.2, -0.15) is 0 Å². The smallest absolute Gasteiger partial charge is 0.358 e. The van der Waals surface area contributed by atoms with Gasteiger partial charge >= 0.3 is 5.97 Å². The molecule has 6 nitrogen and oxygen atoms in total. The lowest BCUT2D eigenvalue weighted by Gasteiger charge is -2.34. The fraction of sp³-hybridized carbons (Fsp3) is 0.636. The van der Waals surface area contributed by atoms with Gasteiger partial charge in [0.1, 0.15) is 0 Å². The molecule has 1 aromatic heterocycles. The summed E-state index contributed by atoms with van der Waals surface area (Å²) in [6.45, 7) is 1.41. The molecular weight excluding hydrogens is 224 g/mol. The molecule has 0 amide bonds. The molecule has 1 fully saturated rings. The molecule has 0 saturated heterocycles. The summed E-state index contributed by atoms with van der Waals surface area (Å²) in [7, 11) is 1.94. The second kappa shape index (κ2) is 4.85. The van der Waals surface area contributed by atoms with E-state index in [-0.39, 0.29) is 11.8 Å². The van der Waals surface area contributed by atoms with Crippen molar-refractivity contribution in [1.29, 1.82) is 0 Å². The Morgan fingerprint density at radius 3 is 2.88 bits per heavy atom. The van der Waals surface area contributed by atoms with Gasteiger partial charge in [0.15, 0.2) is 11.5 Å². The summed E-state index contributed by atoms with van der Waals surface area (Å²) in [5.74, 6) is -0.00796. The molecule has 0 radical (unpaired) electrons. The van der Waals surface area contributed by atoms with Crippen molar-refractivity contribution in [1.82, 2.24) is 10.1 Å². The summed E-state index contributed by atoms with van der Waals surface area (Å²) in [6.07, 6.45) is 1.56. The number of nitrogens with zero attached hydrogens (tertiary/aromatic N) is 2. The summed E-state index contributed by atoms with van der Waals surface area (Å²) in [5.41, 5.74) is -0.0625. The fourth-order valence-electron chi connectivity index (χ4n) is 2.11. The molecule has 1 heterocycles. The van der Waals surface area contributed by atoms with Crippen LogP contribution in [0.2, 0.25) is 0 Å².